The first-order valence-corrected chi connectivity index (χ1v) is 14.8. The molecule has 11 nitrogen and oxygen atoms in total. The fourth-order valence-electron chi connectivity index (χ4n) is 5.13. The molecule has 0 saturated carbocycles. The largest absolute Gasteiger partial charge is 0.476 e. The average molecular weight is 612 g/mol. The average Bonchev–Trinajstić information content (AvgIpc) is 3.51. The Labute approximate surface area is 243 Å². The molecule has 0 aromatic carbocycles. The number of ether oxygens (including phenoxy) is 1. The number of nitrogens with zero attached hydrogens (tertiary/aromatic N) is 6. The van der Waals surface area contributed by atoms with E-state index in [2.05, 4.69) is 21.8 Å². The van der Waals surface area contributed by atoms with Gasteiger partial charge >= 0.3 is 6.18 Å². The third-order valence-electron chi connectivity index (χ3n) is 7.52. The molecule has 230 valence electrons. The first-order valence-electron chi connectivity index (χ1n) is 13.3. The predicted octanol–water partition coefficient (Wildman–Crippen LogP) is 4.33. The van der Waals surface area contributed by atoms with Crippen molar-refractivity contribution in [2.45, 2.75) is 71.5 Å². The van der Waals surface area contributed by atoms with Crippen molar-refractivity contribution < 1.29 is 31.1 Å². The van der Waals surface area contributed by atoms with Crippen molar-refractivity contribution in [3.63, 3.8) is 0 Å². The molecule has 1 N–H and O–H groups in total. The number of nitrogens with one attached hydrogen (secondary N) is 1. The minimum Gasteiger partial charge on any atom is -0.476 e. The van der Waals surface area contributed by atoms with Crippen LogP contribution in [-0.4, -0.2) is 63.7 Å². The molecule has 0 aliphatic carbocycles. The van der Waals surface area contributed by atoms with Crippen LogP contribution in [0.5, 0.6) is 5.88 Å². The molecule has 1 aliphatic rings. The standard InChI is InChI=1S/C27H36F3N7O4S/c1-16-13-26(6,7)36(14-16)23-19(24(38)34-42(39,40)22-17(2)32-35(8)18(22)3)9-10-20(31-23)37-12-11-21(33-37)41-15-25(4,5)27(28,29)30/h9-12,16H,13-15H2,1-8H3,(H,34,38)/t16-/m0/s1. The normalized spacial score (nSPS) is 17.5. The number of pyridine rings is 1. The Morgan fingerprint density at radius 3 is 2.38 bits per heavy atom. The van der Waals surface area contributed by atoms with E-state index in [-0.39, 0.29) is 39.6 Å². The van der Waals surface area contributed by atoms with Crippen LogP contribution in [0.1, 0.15) is 62.8 Å². The summed E-state index contributed by atoms with van der Waals surface area (Å²) in [6, 6.07) is 4.36. The van der Waals surface area contributed by atoms with Gasteiger partial charge in [0.2, 0.25) is 5.88 Å². The Morgan fingerprint density at radius 2 is 1.83 bits per heavy atom. The van der Waals surface area contributed by atoms with Gasteiger partial charge in [-0.3, -0.25) is 9.48 Å². The third kappa shape index (κ3) is 5.96. The summed E-state index contributed by atoms with van der Waals surface area (Å²) >= 11 is 0. The number of amides is 1. The molecule has 1 aliphatic heterocycles. The predicted molar refractivity (Wildman–Crippen MR) is 149 cm³/mol. The molecule has 3 aromatic rings. The molecule has 1 saturated heterocycles. The highest BCUT2D eigenvalue weighted by Gasteiger charge is 2.48. The van der Waals surface area contributed by atoms with Crippen molar-refractivity contribution in [3.05, 3.63) is 41.3 Å². The monoisotopic (exact) mass is 611 g/mol. The fraction of sp³-hybridized carbons (Fsp3) is 0.556. The number of hydrogen-bond donors (Lipinski definition) is 1. The lowest BCUT2D eigenvalue weighted by Crippen LogP contribution is -2.41. The van der Waals surface area contributed by atoms with Crippen LogP contribution in [0.15, 0.2) is 29.3 Å². The molecule has 1 atom stereocenters. The summed E-state index contributed by atoms with van der Waals surface area (Å²) in [5.74, 6) is -0.0941. The van der Waals surface area contributed by atoms with Crippen LogP contribution < -0.4 is 14.4 Å². The van der Waals surface area contributed by atoms with Crippen molar-refractivity contribution in [1.82, 2.24) is 29.3 Å². The van der Waals surface area contributed by atoms with Gasteiger partial charge in [0, 0.05) is 31.4 Å². The van der Waals surface area contributed by atoms with Gasteiger partial charge in [0.15, 0.2) is 5.82 Å². The second kappa shape index (κ2) is 10.6. The van der Waals surface area contributed by atoms with Gasteiger partial charge in [-0.25, -0.2) is 22.8 Å². The lowest BCUT2D eigenvalue weighted by Gasteiger charge is -2.34. The van der Waals surface area contributed by atoms with Gasteiger partial charge in [0.1, 0.15) is 17.3 Å². The summed E-state index contributed by atoms with van der Waals surface area (Å²) < 4.78 is 76.5. The molecular weight excluding hydrogens is 575 g/mol. The molecule has 0 unspecified atom stereocenters. The van der Waals surface area contributed by atoms with E-state index in [1.54, 1.807) is 20.9 Å². The van der Waals surface area contributed by atoms with Crippen molar-refractivity contribution in [2.24, 2.45) is 18.4 Å². The highest BCUT2D eigenvalue weighted by Crippen LogP contribution is 2.39. The number of rotatable bonds is 8. The van der Waals surface area contributed by atoms with Crippen molar-refractivity contribution in [1.29, 1.82) is 0 Å². The number of anilines is 1. The van der Waals surface area contributed by atoms with Gasteiger partial charge < -0.3 is 9.64 Å². The van der Waals surface area contributed by atoms with E-state index in [9.17, 15) is 26.4 Å². The van der Waals surface area contributed by atoms with Crippen LogP contribution in [0.25, 0.3) is 5.82 Å². The molecule has 4 rings (SSSR count). The molecule has 3 aromatic heterocycles. The van der Waals surface area contributed by atoms with Crippen molar-refractivity contribution in [3.8, 4) is 11.7 Å². The highest BCUT2D eigenvalue weighted by molar-refractivity contribution is 7.90. The summed E-state index contributed by atoms with van der Waals surface area (Å²) in [5.41, 5.74) is -1.81. The van der Waals surface area contributed by atoms with Gasteiger partial charge in [0.05, 0.1) is 22.4 Å². The number of carbonyl (C=O) groups excluding carboxylic acids is 1. The second-order valence-electron chi connectivity index (χ2n) is 12.1. The van der Waals surface area contributed by atoms with Crippen LogP contribution in [-0.2, 0) is 17.1 Å². The van der Waals surface area contributed by atoms with Crippen molar-refractivity contribution in [2.75, 3.05) is 18.1 Å². The maximum atomic E-state index is 13.5. The number of aromatic nitrogens is 5. The number of sulfonamides is 1. The molecular formula is C27H36F3N7O4S. The summed E-state index contributed by atoms with van der Waals surface area (Å²) in [7, 11) is -2.64. The highest BCUT2D eigenvalue weighted by atomic mass is 32.2. The Hall–Kier alpha value is -3.62. The molecule has 0 radical (unpaired) electrons. The zero-order chi connectivity index (χ0) is 31.4. The number of hydrogen-bond acceptors (Lipinski definition) is 8. The molecule has 0 spiro atoms. The second-order valence-corrected chi connectivity index (χ2v) is 13.7. The van der Waals surface area contributed by atoms with Gasteiger partial charge in [-0.2, -0.15) is 18.3 Å². The van der Waals surface area contributed by atoms with Crippen LogP contribution in [0.4, 0.5) is 19.0 Å². The van der Waals surface area contributed by atoms with Gasteiger partial charge in [-0.05, 0) is 66.0 Å². The molecule has 1 amide bonds. The molecule has 42 heavy (non-hydrogen) atoms. The van der Waals surface area contributed by atoms with Crippen LogP contribution in [0.3, 0.4) is 0 Å². The van der Waals surface area contributed by atoms with Crippen LogP contribution in [0.2, 0.25) is 0 Å². The Morgan fingerprint density at radius 1 is 1.17 bits per heavy atom. The maximum absolute atomic E-state index is 13.5. The first kappa shape index (κ1) is 31.3. The van der Waals surface area contributed by atoms with E-state index >= 15 is 0 Å². The summed E-state index contributed by atoms with van der Waals surface area (Å²) in [6.45, 7) is 11.3. The van der Waals surface area contributed by atoms with Crippen LogP contribution >= 0.6 is 0 Å². The maximum Gasteiger partial charge on any atom is 0.397 e. The Kier molecular flexibility index (Phi) is 7.89. The lowest BCUT2D eigenvalue weighted by atomic mass is 9.94. The summed E-state index contributed by atoms with van der Waals surface area (Å²) in [4.78, 5) is 20.1. The zero-order valence-corrected chi connectivity index (χ0v) is 25.7. The Balaban J connectivity index is 1.69. The third-order valence-corrected chi connectivity index (χ3v) is 9.10. The number of halogens is 3. The number of carbonyl (C=O) groups is 1. The van der Waals surface area contributed by atoms with E-state index in [4.69, 9.17) is 9.72 Å². The van der Waals surface area contributed by atoms with E-state index in [0.717, 1.165) is 20.3 Å². The number of alkyl halides is 3. The summed E-state index contributed by atoms with van der Waals surface area (Å²) in [5, 5.41) is 8.36. The van der Waals surface area contributed by atoms with E-state index in [1.165, 1.54) is 33.8 Å². The smallest absolute Gasteiger partial charge is 0.397 e. The van der Waals surface area contributed by atoms with Crippen LogP contribution in [0, 0.1) is 25.2 Å². The topological polar surface area (TPSA) is 124 Å². The van der Waals surface area contributed by atoms with Gasteiger partial charge in [0.25, 0.3) is 15.9 Å². The van der Waals surface area contributed by atoms with E-state index in [0.29, 0.717) is 12.2 Å². The van der Waals surface area contributed by atoms with Gasteiger partial charge in [-0.15, -0.1) is 5.10 Å². The number of aryl methyl sites for hydroxylation is 2. The Bertz CT molecular complexity index is 1610. The minimum atomic E-state index is -4.45. The summed E-state index contributed by atoms with van der Waals surface area (Å²) in [6.07, 6.45) is -2.16. The molecule has 1 fully saturated rings. The quantitative estimate of drug-likeness (QED) is 0.399. The van der Waals surface area contributed by atoms with E-state index < -0.39 is 39.7 Å². The van der Waals surface area contributed by atoms with Gasteiger partial charge in [-0.1, -0.05) is 6.92 Å². The molecule has 4 heterocycles. The SMILES string of the molecule is Cc1nn(C)c(C)c1S(=O)(=O)NC(=O)c1ccc(-n2ccc(OCC(C)(C)C(F)(F)F)n2)nc1N1C[C@@H](C)CC1(C)C. The molecule has 0 bridgehead atoms. The van der Waals surface area contributed by atoms with E-state index in [1.807, 2.05) is 18.7 Å². The van der Waals surface area contributed by atoms with Crippen molar-refractivity contribution >= 4 is 21.7 Å². The first-order chi connectivity index (χ1) is 19.2. The molecule has 15 heteroatoms. The minimum absolute atomic E-state index is 0.0269. The zero-order valence-electron chi connectivity index (χ0n) is 24.9. The lowest BCUT2D eigenvalue weighted by molar-refractivity contribution is -0.219. The fourth-order valence-corrected chi connectivity index (χ4v) is 6.53.